The van der Waals surface area contributed by atoms with E-state index in [1.807, 2.05) is 24.3 Å². The first-order chi connectivity index (χ1) is 12.1. The molecule has 1 amide bonds. The first-order valence-electron chi connectivity index (χ1n) is 8.95. The Balaban J connectivity index is 1.44. The molecule has 0 saturated heterocycles. The van der Waals surface area contributed by atoms with Crippen molar-refractivity contribution in [1.29, 1.82) is 0 Å². The van der Waals surface area contributed by atoms with Gasteiger partial charge in [-0.25, -0.2) is 4.98 Å². The van der Waals surface area contributed by atoms with Crippen LogP contribution in [0.4, 0.5) is 0 Å². The van der Waals surface area contributed by atoms with Gasteiger partial charge in [-0.3, -0.25) is 4.79 Å². The molecule has 136 valence electrons. The molecule has 1 fully saturated rings. The van der Waals surface area contributed by atoms with Gasteiger partial charge in [0, 0.05) is 12.1 Å². The Labute approximate surface area is 153 Å². The standard InChI is InChI=1S/C19H27N3O2S/c1-22(2)19(10-6-3-7-11-19)14-20-17(23)12-24-13-18-21-15-8-4-5-9-16(15)25-18/h4-5,8-9H,3,6-7,10-14H2,1-2H3,(H,20,23). The number of benzene rings is 1. The van der Waals surface area contributed by atoms with Crippen LogP contribution >= 0.6 is 11.3 Å². The second kappa shape index (κ2) is 8.25. The fraction of sp³-hybridized carbons (Fsp3) is 0.579. The summed E-state index contributed by atoms with van der Waals surface area (Å²) in [6.45, 7) is 1.16. The van der Waals surface area contributed by atoms with Gasteiger partial charge in [-0.15, -0.1) is 11.3 Å². The molecule has 0 bridgehead atoms. The lowest BCUT2D eigenvalue weighted by atomic mass is 9.80. The van der Waals surface area contributed by atoms with Crippen molar-refractivity contribution in [1.82, 2.24) is 15.2 Å². The Morgan fingerprint density at radius 2 is 2.04 bits per heavy atom. The topological polar surface area (TPSA) is 54.5 Å². The number of nitrogens with zero attached hydrogens (tertiary/aromatic N) is 2. The normalized spacial score (nSPS) is 17.1. The fourth-order valence-corrected chi connectivity index (χ4v) is 4.42. The van der Waals surface area contributed by atoms with E-state index in [0.29, 0.717) is 13.2 Å². The molecule has 1 aliphatic carbocycles. The van der Waals surface area contributed by atoms with E-state index in [4.69, 9.17) is 4.74 Å². The molecule has 1 saturated carbocycles. The maximum absolute atomic E-state index is 12.1. The second-order valence-electron chi connectivity index (χ2n) is 7.02. The van der Waals surface area contributed by atoms with Crippen molar-refractivity contribution in [3.63, 3.8) is 0 Å². The first-order valence-corrected chi connectivity index (χ1v) is 9.77. The Morgan fingerprint density at radius 1 is 1.28 bits per heavy atom. The van der Waals surface area contributed by atoms with Crippen LogP contribution in [0.5, 0.6) is 0 Å². The third-order valence-electron chi connectivity index (χ3n) is 5.14. The zero-order valence-corrected chi connectivity index (χ0v) is 15.9. The van der Waals surface area contributed by atoms with Crippen molar-refractivity contribution < 1.29 is 9.53 Å². The molecule has 0 spiro atoms. The number of rotatable bonds is 7. The Kier molecular flexibility index (Phi) is 6.04. The molecule has 2 aromatic rings. The number of nitrogens with one attached hydrogen (secondary N) is 1. The van der Waals surface area contributed by atoms with Crippen LogP contribution in [0.3, 0.4) is 0 Å². The fourth-order valence-electron chi connectivity index (χ4n) is 3.52. The lowest BCUT2D eigenvalue weighted by Crippen LogP contribution is -2.54. The quantitative estimate of drug-likeness (QED) is 0.823. The number of aromatic nitrogens is 1. The predicted molar refractivity (Wildman–Crippen MR) is 102 cm³/mol. The smallest absolute Gasteiger partial charge is 0.246 e. The largest absolute Gasteiger partial charge is 0.364 e. The van der Waals surface area contributed by atoms with Gasteiger partial charge in [0.1, 0.15) is 11.6 Å². The Bertz CT molecular complexity index is 675. The summed E-state index contributed by atoms with van der Waals surface area (Å²) < 4.78 is 6.72. The molecule has 3 rings (SSSR count). The van der Waals surface area contributed by atoms with Crippen molar-refractivity contribution in [2.45, 2.75) is 44.2 Å². The highest BCUT2D eigenvalue weighted by molar-refractivity contribution is 7.18. The molecular weight excluding hydrogens is 334 g/mol. The molecule has 0 aliphatic heterocycles. The minimum atomic E-state index is -0.0482. The number of carbonyl (C=O) groups excluding carboxylic acids is 1. The SMILES string of the molecule is CN(C)C1(CNC(=O)COCc2nc3ccccc3s2)CCCCC1. The molecule has 25 heavy (non-hydrogen) atoms. The van der Waals surface area contributed by atoms with Crippen molar-refractivity contribution in [2.24, 2.45) is 0 Å². The van der Waals surface area contributed by atoms with Crippen LogP contribution in [0.2, 0.25) is 0 Å². The number of ether oxygens (including phenoxy) is 1. The molecule has 0 radical (unpaired) electrons. The molecule has 6 heteroatoms. The molecular formula is C19H27N3O2S. The van der Waals surface area contributed by atoms with E-state index in [1.54, 1.807) is 11.3 Å². The summed E-state index contributed by atoms with van der Waals surface area (Å²) in [7, 11) is 4.22. The van der Waals surface area contributed by atoms with Gasteiger partial charge in [0.15, 0.2) is 0 Å². The van der Waals surface area contributed by atoms with Gasteiger partial charge >= 0.3 is 0 Å². The summed E-state index contributed by atoms with van der Waals surface area (Å²) in [5.41, 5.74) is 1.08. The van der Waals surface area contributed by atoms with E-state index in [1.165, 1.54) is 19.3 Å². The number of amides is 1. The van der Waals surface area contributed by atoms with Gasteiger partial charge in [0.05, 0.1) is 16.8 Å². The van der Waals surface area contributed by atoms with Crippen LogP contribution in [0.15, 0.2) is 24.3 Å². The second-order valence-corrected chi connectivity index (χ2v) is 8.14. The van der Waals surface area contributed by atoms with Crippen LogP contribution in [-0.2, 0) is 16.1 Å². The number of hydrogen-bond donors (Lipinski definition) is 1. The van der Waals surface area contributed by atoms with E-state index in [9.17, 15) is 4.79 Å². The Hall–Kier alpha value is -1.50. The Morgan fingerprint density at radius 3 is 2.76 bits per heavy atom. The van der Waals surface area contributed by atoms with E-state index < -0.39 is 0 Å². The minimum Gasteiger partial charge on any atom is -0.364 e. The van der Waals surface area contributed by atoms with Gasteiger partial charge in [-0.2, -0.15) is 0 Å². The molecule has 5 nitrogen and oxygen atoms in total. The first kappa shape index (κ1) is 18.3. The third-order valence-corrected chi connectivity index (χ3v) is 6.15. The van der Waals surface area contributed by atoms with Crippen LogP contribution < -0.4 is 5.32 Å². The van der Waals surface area contributed by atoms with Gasteiger partial charge < -0.3 is 15.0 Å². The lowest BCUT2D eigenvalue weighted by molar-refractivity contribution is -0.126. The van der Waals surface area contributed by atoms with E-state index in [-0.39, 0.29) is 18.1 Å². The number of hydrogen-bond acceptors (Lipinski definition) is 5. The number of para-hydroxylation sites is 1. The highest BCUT2D eigenvalue weighted by atomic mass is 32.1. The zero-order valence-electron chi connectivity index (χ0n) is 15.1. The highest BCUT2D eigenvalue weighted by Gasteiger charge is 2.34. The maximum atomic E-state index is 12.1. The van der Waals surface area contributed by atoms with Crippen molar-refractivity contribution in [3.8, 4) is 0 Å². The molecule has 1 aliphatic rings. The number of carbonyl (C=O) groups is 1. The molecule has 1 aromatic heterocycles. The van der Waals surface area contributed by atoms with Gasteiger partial charge in [-0.1, -0.05) is 31.4 Å². The summed E-state index contributed by atoms with van der Waals surface area (Å²) in [6, 6.07) is 8.03. The number of likely N-dealkylation sites (N-methyl/N-ethyl adjacent to an activating group) is 1. The summed E-state index contributed by atoms with van der Waals surface area (Å²) in [5.74, 6) is -0.0482. The summed E-state index contributed by atoms with van der Waals surface area (Å²) in [4.78, 5) is 18.9. The monoisotopic (exact) mass is 361 g/mol. The average molecular weight is 362 g/mol. The van der Waals surface area contributed by atoms with Crippen molar-refractivity contribution in [2.75, 3.05) is 27.2 Å². The lowest BCUT2D eigenvalue weighted by Gasteiger charge is -2.43. The average Bonchev–Trinajstić information content (AvgIpc) is 3.03. The number of thiazole rings is 1. The van der Waals surface area contributed by atoms with Gasteiger partial charge in [0.25, 0.3) is 0 Å². The van der Waals surface area contributed by atoms with E-state index in [0.717, 1.165) is 28.1 Å². The predicted octanol–water partition coefficient (Wildman–Crippen LogP) is 3.19. The van der Waals surface area contributed by atoms with Gasteiger partial charge in [-0.05, 0) is 39.1 Å². The van der Waals surface area contributed by atoms with E-state index in [2.05, 4.69) is 29.3 Å². The number of fused-ring (bicyclic) bond motifs is 1. The van der Waals surface area contributed by atoms with Crippen LogP contribution in [0, 0.1) is 0 Å². The maximum Gasteiger partial charge on any atom is 0.246 e. The summed E-state index contributed by atoms with van der Waals surface area (Å²) in [6.07, 6.45) is 6.07. The molecule has 1 N–H and O–H groups in total. The zero-order chi connectivity index (χ0) is 17.7. The van der Waals surface area contributed by atoms with Crippen LogP contribution in [0.25, 0.3) is 10.2 Å². The molecule has 1 aromatic carbocycles. The van der Waals surface area contributed by atoms with Crippen molar-refractivity contribution in [3.05, 3.63) is 29.3 Å². The molecule has 0 atom stereocenters. The van der Waals surface area contributed by atoms with Crippen molar-refractivity contribution >= 4 is 27.5 Å². The van der Waals surface area contributed by atoms with E-state index >= 15 is 0 Å². The highest BCUT2D eigenvalue weighted by Crippen LogP contribution is 2.31. The van der Waals surface area contributed by atoms with Crippen LogP contribution in [-0.4, -0.2) is 48.6 Å². The molecule has 0 unspecified atom stereocenters. The minimum absolute atomic E-state index is 0.0482. The summed E-state index contributed by atoms with van der Waals surface area (Å²) >= 11 is 1.61. The summed E-state index contributed by atoms with van der Waals surface area (Å²) in [5, 5.41) is 3.97. The third kappa shape index (κ3) is 4.57. The molecule has 1 heterocycles. The van der Waals surface area contributed by atoms with Crippen LogP contribution in [0.1, 0.15) is 37.1 Å². The van der Waals surface area contributed by atoms with Gasteiger partial charge in [0.2, 0.25) is 5.91 Å².